The highest BCUT2D eigenvalue weighted by Crippen LogP contribution is 2.28. The van der Waals surface area contributed by atoms with E-state index in [0.29, 0.717) is 6.04 Å². The van der Waals surface area contributed by atoms with Crippen LogP contribution in [0.4, 0.5) is 0 Å². The van der Waals surface area contributed by atoms with Gasteiger partial charge in [0.05, 0.1) is 5.60 Å². The first-order valence-electron chi connectivity index (χ1n) is 7.60. The molecule has 0 spiro atoms. The highest BCUT2D eigenvalue weighted by molar-refractivity contribution is 4.79. The third-order valence-corrected chi connectivity index (χ3v) is 4.54. The van der Waals surface area contributed by atoms with Crippen LogP contribution in [0.25, 0.3) is 0 Å². The molecule has 18 heavy (non-hydrogen) atoms. The molecule has 0 amide bonds. The van der Waals surface area contributed by atoms with Crippen LogP contribution < -0.4 is 11.3 Å². The molecule has 3 heteroatoms. The fraction of sp³-hybridized carbons (Fsp3) is 1.00. The largest absolute Gasteiger partial charge is 0.379 e. The summed E-state index contributed by atoms with van der Waals surface area (Å²) in [6.07, 6.45) is 11.8. The summed E-state index contributed by atoms with van der Waals surface area (Å²) in [5, 5.41) is 0. The zero-order valence-electron chi connectivity index (χ0n) is 12.5. The van der Waals surface area contributed by atoms with Crippen molar-refractivity contribution >= 4 is 0 Å². The molecule has 108 valence electrons. The van der Waals surface area contributed by atoms with Gasteiger partial charge in [0.1, 0.15) is 0 Å². The molecule has 0 aromatic rings. The maximum atomic E-state index is 5.77. The zero-order chi connectivity index (χ0) is 13.4. The van der Waals surface area contributed by atoms with Gasteiger partial charge in [-0.2, -0.15) is 0 Å². The molecule has 1 fully saturated rings. The predicted molar refractivity (Wildman–Crippen MR) is 77.2 cm³/mol. The highest BCUT2D eigenvalue weighted by atomic mass is 16.5. The first kappa shape index (κ1) is 15.9. The van der Waals surface area contributed by atoms with Crippen molar-refractivity contribution in [2.24, 2.45) is 11.8 Å². The van der Waals surface area contributed by atoms with Crippen LogP contribution in [-0.2, 0) is 4.74 Å². The fourth-order valence-corrected chi connectivity index (χ4v) is 2.95. The van der Waals surface area contributed by atoms with Gasteiger partial charge in [-0.1, -0.05) is 32.1 Å². The minimum Gasteiger partial charge on any atom is -0.379 e. The van der Waals surface area contributed by atoms with Crippen molar-refractivity contribution in [2.45, 2.75) is 83.3 Å². The van der Waals surface area contributed by atoms with Crippen LogP contribution in [-0.4, -0.2) is 18.8 Å². The van der Waals surface area contributed by atoms with Gasteiger partial charge >= 0.3 is 0 Å². The minimum absolute atomic E-state index is 0.0310. The van der Waals surface area contributed by atoms with Crippen molar-refractivity contribution in [1.82, 2.24) is 5.43 Å². The molecule has 0 radical (unpaired) electrons. The van der Waals surface area contributed by atoms with E-state index in [-0.39, 0.29) is 5.60 Å². The van der Waals surface area contributed by atoms with Gasteiger partial charge in [-0.15, -0.1) is 0 Å². The third-order valence-electron chi connectivity index (χ3n) is 4.54. The Hall–Kier alpha value is -0.120. The Balaban J connectivity index is 2.42. The second-order valence-electron chi connectivity index (χ2n) is 6.38. The van der Waals surface area contributed by atoms with E-state index >= 15 is 0 Å². The smallest absolute Gasteiger partial charge is 0.0623 e. The summed E-state index contributed by atoms with van der Waals surface area (Å²) < 4.78 is 5.50. The highest BCUT2D eigenvalue weighted by Gasteiger charge is 2.24. The van der Waals surface area contributed by atoms with E-state index in [9.17, 15) is 0 Å². The Morgan fingerprint density at radius 2 is 1.72 bits per heavy atom. The van der Waals surface area contributed by atoms with Crippen molar-refractivity contribution in [1.29, 1.82) is 0 Å². The first-order valence-corrected chi connectivity index (χ1v) is 7.60. The molecular weight excluding hydrogens is 224 g/mol. The van der Waals surface area contributed by atoms with Gasteiger partial charge in [-0.05, 0) is 45.4 Å². The Morgan fingerprint density at radius 1 is 1.17 bits per heavy atom. The molecule has 3 N–H and O–H groups in total. The lowest BCUT2D eigenvalue weighted by Crippen LogP contribution is -2.42. The van der Waals surface area contributed by atoms with Crippen molar-refractivity contribution in [3.63, 3.8) is 0 Å². The van der Waals surface area contributed by atoms with E-state index in [1.165, 1.54) is 44.9 Å². The molecule has 0 aromatic heterocycles. The maximum absolute atomic E-state index is 5.77. The number of rotatable bonds is 6. The number of hydrogen-bond donors (Lipinski definition) is 2. The van der Waals surface area contributed by atoms with Crippen molar-refractivity contribution < 1.29 is 4.74 Å². The molecule has 1 aliphatic carbocycles. The quantitative estimate of drug-likeness (QED) is 0.566. The minimum atomic E-state index is -0.0310. The van der Waals surface area contributed by atoms with Crippen molar-refractivity contribution in [3.05, 3.63) is 0 Å². The van der Waals surface area contributed by atoms with E-state index in [2.05, 4.69) is 19.3 Å². The van der Waals surface area contributed by atoms with E-state index in [4.69, 9.17) is 10.6 Å². The molecule has 1 aliphatic rings. The van der Waals surface area contributed by atoms with Gasteiger partial charge in [-0.3, -0.25) is 11.3 Å². The lowest BCUT2D eigenvalue weighted by atomic mass is 9.83. The Bertz CT molecular complexity index is 211. The number of methoxy groups -OCH3 is 1. The number of ether oxygens (including phenoxy) is 1. The molecule has 1 unspecified atom stereocenters. The van der Waals surface area contributed by atoms with E-state index in [0.717, 1.165) is 18.8 Å². The molecule has 0 heterocycles. The molecule has 0 bridgehead atoms. The van der Waals surface area contributed by atoms with Crippen LogP contribution >= 0.6 is 0 Å². The Kier molecular flexibility index (Phi) is 7.20. The van der Waals surface area contributed by atoms with Crippen LogP contribution in [0.5, 0.6) is 0 Å². The first-order chi connectivity index (χ1) is 8.59. The number of hydrogen-bond acceptors (Lipinski definition) is 3. The molecule has 0 aliphatic heterocycles. The van der Waals surface area contributed by atoms with Crippen molar-refractivity contribution in [2.75, 3.05) is 7.11 Å². The standard InChI is InChI=1S/C15H32N2O/c1-15(2,18-3)12-11-14(17-16)13-9-7-5-4-6-8-10-13/h13-14,17H,4-12,16H2,1-3H3. The van der Waals surface area contributed by atoms with Crippen molar-refractivity contribution in [3.8, 4) is 0 Å². The summed E-state index contributed by atoms with van der Waals surface area (Å²) in [5.41, 5.74) is 3.03. The van der Waals surface area contributed by atoms with Gasteiger partial charge in [0, 0.05) is 13.2 Å². The molecule has 1 saturated carbocycles. The molecular formula is C15H32N2O. The van der Waals surface area contributed by atoms with E-state index in [1.807, 2.05) is 0 Å². The Labute approximate surface area is 113 Å². The molecule has 0 aromatic carbocycles. The van der Waals surface area contributed by atoms with E-state index in [1.54, 1.807) is 7.11 Å². The van der Waals surface area contributed by atoms with Crippen LogP contribution in [0.1, 0.15) is 71.6 Å². The van der Waals surface area contributed by atoms with E-state index < -0.39 is 0 Å². The summed E-state index contributed by atoms with van der Waals surface area (Å²) in [7, 11) is 1.79. The lowest BCUT2D eigenvalue weighted by Gasteiger charge is -2.31. The molecule has 1 rings (SSSR count). The number of hydrazine groups is 1. The average molecular weight is 256 g/mol. The summed E-state index contributed by atoms with van der Waals surface area (Å²) in [5.74, 6) is 6.53. The second kappa shape index (κ2) is 8.13. The lowest BCUT2D eigenvalue weighted by molar-refractivity contribution is 0.00973. The SMILES string of the molecule is COC(C)(C)CCC(NN)C1CCCCCCC1. The second-order valence-corrected chi connectivity index (χ2v) is 6.38. The third kappa shape index (κ3) is 5.68. The monoisotopic (exact) mass is 256 g/mol. The van der Waals surface area contributed by atoms with Gasteiger partial charge in [0.2, 0.25) is 0 Å². The maximum Gasteiger partial charge on any atom is 0.0623 e. The summed E-state index contributed by atoms with van der Waals surface area (Å²) in [4.78, 5) is 0. The van der Waals surface area contributed by atoms with Crippen LogP contribution in [0, 0.1) is 5.92 Å². The van der Waals surface area contributed by atoms with Gasteiger partial charge in [0.15, 0.2) is 0 Å². The number of nitrogens with one attached hydrogen (secondary N) is 1. The fourth-order valence-electron chi connectivity index (χ4n) is 2.95. The molecule has 1 atom stereocenters. The Morgan fingerprint density at radius 3 is 2.22 bits per heavy atom. The summed E-state index contributed by atoms with van der Waals surface area (Å²) in [6, 6.07) is 0.456. The molecule has 3 nitrogen and oxygen atoms in total. The zero-order valence-corrected chi connectivity index (χ0v) is 12.5. The normalized spacial score (nSPS) is 21.3. The van der Waals surface area contributed by atoms with Crippen LogP contribution in [0.2, 0.25) is 0 Å². The topological polar surface area (TPSA) is 47.3 Å². The van der Waals surface area contributed by atoms with Crippen LogP contribution in [0.15, 0.2) is 0 Å². The number of nitrogens with two attached hydrogens (primary N) is 1. The van der Waals surface area contributed by atoms with Gasteiger partial charge in [0.25, 0.3) is 0 Å². The van der Waals surface area contributed by atoms with Crippen LogP contribution in [0.3, 0.4) is 0 Å². The molecule has 0 saturated heterocycles. The van der Waals surface area contributed by atoms with Gasteiger partial charge < -0.3 is 4.74 Å². The summed E-state index contributed by atoms with van der Waals surface area (Å²) in [6.45, 7) is 4.30. The predicted octanol–water partition coefficient (Wildman–Crippen LogP) is 3.38. The summed E-state index contributed by atoms with van der Waals surface area (Å²) >= 11 is 0. The van der Waals surface area contributed by atoms with Gasteiger partial charge in [-0.25, -0.2) is 0 Å². The average Bonchev–Trinajstić information content (AvgIpc) is 2.31.